The number of nitrogens with one attached hydrogen (secondary N) is 1. The quantitative estimate of drug-likeness (QED) is 0.596. The second-order valence-corrected chi connectivity index (χ2v) is 3.03. The first-order valence-electron chi connectivity index (χ1n) is 4.34. The van der Waals surface area contributed by atoms with E-state index in [2.05, 4.69) is 4.98 Å². The van der Waals surface area contributed by atoms with Crippen molar-refractivity contribution in [3.05, 3.63) is 23.5 Å². The molecule has 1 heterocycles. The number of hydrogen-bond acceptors (Lipinski definition) is 4. The van der Waals surface area contributed by atoms with E-state index < -0.39 is 12.1 Å². The van der Waals surface area contributed by atoms with Crippen LogP contribution in [0.15, 0.2) is 12.3 Å². The third-order valence-corrected chi connectivity index (χ3v) is 1.78. The van der Waals surface area contributed by atoms with Crippen molar-refractivity contribution >= 4 is 11.8 Å². The Balaban J connectivity index is 2.75. The van der Waals surface area contributed by atoms with E-state index in [1.165, 1.54) is 26.1 Å². The summed E-state index contributed by atoms with van der Waals surface area (Å²) in [5, 5.41) is 8.43. The minimum absolute atomic E-state index is 0.140. The maximum absolute atomic E-state index is 11.3. The number of ether oxygens (including phenoxy) is 1. The number of esters is 1. The smallest absolute Gasteiger partial charge is 0.356 e. The normalized spacial score (nSPS) is 11.5. The molecular weight excluding hydrogens is 196 g/mol. The summed E-state index contributed by atoms with van der Waals surface area (Å²) < 4.78 is 4.74. The molecule has 5 nitrogen and oxygen atoms in total. The number of nitrogens with zero attached hydrogens (tertiary/aromatic N) is 1. The van der Waals surface area contributed by atoms with Crippen LogP contribution in [0.2, 0.25) is 0 Å². The molecule has 0 saturated heterocycles. The summed E-state index contributed by atoms with van der Waals surface area (Å²) in [6.07, 6.45) is 0.622. The number of nitriles is 1. The van der Waals surface area contributed by atoms with Gasteiger partial charge in [0, 0.05) is 11.8 Å². The van der Waals surface area contributed by atoms with E-state index in [-0.39, 0.29) is 11.5 Å². The van der Waals surface area contributed by atoms with Crippen LogP contribution in [0.4, 0.5) is 0 Å². The fourth-order valence-corrected chi connectivity index (χ4v) is 0.966. The zero-order valence-electron chi connectivity index (χ0n) is 8.40. The maximum Gasteiger partial charge on any atom is 0.356 e. The van der Waals surface area contributed by atoms with Gasteiger partial charge in [0.25, 0.3) is 0 Å². The Kier molecular flexibility index (Phi) is 3.24. The number of carbonyl (C=O) groups excluding carboxylic acids is 2. The SMILES string of the molecule is CC(=O)c1c[nH]c(C(=O)O[C@@H](C)C#N)c1. The van der Waals surface area contributed by atoms with Crippen LogP contribution >= 0.6 is 0 Å². The van der Waals surface area contributed by atoms with Crippen molar-refractivity contribution in [1.82, 2.24) is 4.98 Å². The second kappa shape index (κ2) is 4.42. The second-order valence-electron chi connectivity index (χ2n) is 3.03. The highest BCUT2D eigenvalue weighted by Crippen LogP contribution is 2.06. The van der Waals surface area contributed by atoms with Crippen molar-refractivity contribution in [2.45, 2.75) is 20.0 Å². The summed E-state index contributed by atoms with van der Waals surface area (Å²) >= 11 is 0. The van der Waals surface area contributed by atoms with Crippen molar-refractivity contribution < 1.29 is 14.3 Å². The molecule has 0 spiro atoms. The third kappa shape index (κ3) is 2.68. The lowest BCUT2D eigenvalue weighted by Gasteiger charge is -2.03. The van der Waals surface area contributed by atoms with Crippen molar-refractivity contribution in [2.75, 3.05) is 0 Å². The largest absolute Gasteiger partial charge is 0.443 e. The average Bonchev–Trinajstić information content (AvgIpc) is 2.66. The molecule has 1 rings (SSSR count). The van der Waals surface area contributed by atoms with Gasteiger partial charge in [-0.3, -0.25) is 4.79 Å². The van der Waals surface area contributed by atoms with Gasteiger partial charge in [-0.15, -0.1) is 0 Å². The van der Waals surface area contributed by atoms with E-state index in [0.717, 1.165) is 0 Å². The van der Waals surface area contributed by atoms with Gasteiger partial charge in [-0.1, -0.05) is 0 Å². The molecule has 0 aliphatic rings. The first-order chi connectivity index (χ1) is 7.04. The zero-order chi connectivity index (χ0) is 11.4. The lowest BCUT2D eigenvalue weighted by atomic mass is 10.2. The number of aromatic amines is 1. The number of carbonyl (C=O) groups is 2. The van der Waals surface area contributed by atoms with Crippen LogP contribution in [-0.4, -0.2) is 22.8 Å². The van der Waals surface area contributed by atoms with Crippen LogP contribution in [-0.2, 0) is 4.74 Å². The molecule has 0 unspecified atom stereocenters. The predicted octanol–water partition coefficient (Wildman–Crippen LogP) is 1.29. The minimum Gasteiger partial charge on any atom is -0.443 e. The molecule has 0 fully saturated rings. The Labute approximate surface area is 86.7 Å². The molecule has 78 valence electrons. The summed E-state index contributed by atoms with van der Waals surface area (Å²) in [7, 11) is 0. The van der Waals surface area contributed by atoms with Gasteiger partial charge in [-0.25, -0.2) is 4.79 Å². The van der Waals surface area contributed by atoms with Gasteiger partial charge in [-0.2, -0.15) is 5.26 Å². The molecular formula is C10H10N2O3. The van der Waals surface area contributed by atoms with Crippen molar-refractivity contribution in [2.24, 2.45) is 0 Å². The Hall–Kier alpha value is -2.09. The van der Waals surface area contributed by atoms with Crippen molar-refractivity contribution in [1.29, 1.82) is 5.26 Å². The topological polar surface area (TPSA) is 82.9 Å². The van der Waals surface area contributed by atoms with Crippen LogP contribution in [0.1, 0.15) is 34.7 Å². The van der Waals surface area contributed by atoms with E-state index >= 15 is 0 Å². The molecule has 1 aromatic heterocycles. The highest BCUT2D eigenvalue weighted by Gasteiger charge is 2.14. The number of ketones is 1. The molecule has 0 amide bonds. The highest BCUT2D eigenvalue weighted by molar-refractivity contribution is 5.97. The van der Waals surface area contributed by atoms with E-state index in [9.17, 15) is 9.59 Å². The van der Waals surface area contributed by atoms with Gasteiger partial charge in [-0.05, 0) is 19.9 Å². The summed E-state index contributed by atoms with van der Waals surface area (Å²) in [4.78, 5) is 24.9. The predicted molar refractivity (Wildman–Crippen MR) is 51.3 cm³/mol. The Bertz CT molecular complexity index is 428. The van der Waals surface area contributed by atoms with Crippen LogP contribution in [0, 0.1) is 11.3 Å². The van der Waals surface area contributed by atoms with Crippen molar-refractivity contribution in [3.8, 4) is 6.07 Å². The number of hydrogen-bond donors (Lipinski definition) is 1. The van der Waals surface area contributed by atoms with Gasteiger partial charge < -0.3 is 9.72 Å². The summed E-state index contributed by atoms with van der Waals surface area (Å²) in [5.74, 6) is -0.782. The molecule has 1 aromatic rings. The molecule has 0 aromatic carbocycles. The third-order valence-electron chi connectivity index (χ3n) is 1.78. The van der Waals surface area contributed by atoms with Gasteiger partial charge in [0.05, 0.1) is 0 Å². The monoisotopic (exact) mass is 206 g/mol. The molecule has 0 radical (unpaired) electrons. The fraction of sp³-hybridized carbons (Fsp3) is 0.300. The Morgan fingerprint density at radius 1 is 1.60 bits per heavy atom. The fourth-order valence-electron chi connectivity index (χ4n) is 0.966. The molecule has 0 aliphatic heterocycles. The lowest BCUT2D eigenvalue weighted by molar-refractivity contribution is 0.0429. The Morgan fingerprint density at radius 3 is 2.73 bits per heavy atom. The first kappa shape index (κ1) is 11.0. The van der Waals surface area contributed by atoms with Crippen LogP contribution in [0.5, 0.6) is 0 Å². The maximum atomic E-state index is 11.3. The zero-order valence-corrected chi connectivity index (χ0v) is 8.40. The number of Topliss-reactive ketones (excluding diaryl/α,β-unsaturated/α-hetero) is 1. The van der Waals surface area contributed by atoms with E-state index in [1.54, 1.807) is 6.07 Å². The number of H-pyrrole nitrogens is 1. The molecule has 1 N–H and O–H groups in total. The summed E-state index contributed by atoms with van der Waals surface area (Å²) in [6, 6.07) is 3.17. The first-order valence-corrected chi connectivity index (χ1v) is 4.34. The molecule has 1 atom stereocenters. The highest BCUT2D eigenvalue weighted by atomic mass is 16.5. The standard InChI is InChI=1S/C10H10N2O3/c1-6(4-11)15-10(14)9-3-8(5-12-9)7(2)13/h3,5-6,12H,1-2H3/t6-/m0/s1. The van der Waals surface area contributed by atoms with Gasteiger partial charge >= 0.3 is 5.97 Å². The van der Waals surface area contributed by atoms with Gasteiger partial charge in [0.2, 0.25) is 0 Å². The van der Waals surface area contributed by atoms with E-state index in [0.29, 0.717) is 5.56 Å². The van der Waals surface area contributed by atoms with Crippen LogP contribution in [0.3, 0.4) is 0 Å². The lowest BCUT2D eigenvalue weighted by Crippen LogP contribution is -2.13. The Morgan fingerprint density at radius 2 is 2.27 bits per heavy atom. The molecule has 0 saturated carbocycles. The molecule has 5 heteroatoms. The summed E-state index contributed by atoms with van der Waals surface area (Å²) in [6.45, 7) is 2.86. The van der Waals surface area contributed by atoms with Crippen LogP contribution < -0.4 is 0 Å². The number of aromatic nitrogens is 1. The van der Waals surface area contributed by atoms with Crippen LogP contribution in [0.25, 0.3) is 0 Å². The summed E-state index contributed by atoms with van der Waals surface area (Å²) in [5.41, 5.74) is 0.578. The van der Waals surface area contributed by atoms with E-state index in [4.69, 9.17) is 10.00 Å². The average molecular weight is 206 g/mol. The van der Waals surface area contributed by atoms with Gasteiger partial charge in [0.1, 0.15) is 11.8 Å². The molecule has 0 aliphatic carbocycles. The minimum atomic E-state index is -0.804. The number of rotatable bonds is 3. The van der Waals surface area contributed by atoms with E-state index in [1.807, 2.05) is 0 Å². The van der Waals surface area contributed by atoms with Crippen molar-refractivity contribution in [3.63, 3.8) is 0 Å². The molecule has 15 heavy (non-hydrogen) atoms. The van der Waals surface area contributed by atoms with Gasteiger partial charge in [0.15, 0.2) is 11.9 Å². The molecule has 0 bridgehead atoms.